The molecule has 2 rings (SSSR count). The monoisotopic (exact) mass is 324 g/mol. The fourth-order valence-corrected chi connectivity index (χ4v) is 3.15. The second kappa shape index (κ2) is 6.06. The maximum absolute atomic E-state index is 12.4. The SMILES string of the molecule is CC(NC(=O)C1(C)CCCNC1)c1ccccc1Br. The zero-order valence-corrected chi connectivity index (χ0v) is 13.1. The summed E-state index contributed by atoms with van der Waals surface area (Å²) in [6.45, 7) is 5.85. The molecule has 2 unspecified atom stereocenters. The van der Waals surface area contributed by atoms with Gasteiger partial charge in [-0.3, -0.25) is 4.79 Å². The van der Waals surface area contributed by atoms with Gasteiger partial charge in [0, 0.05) is 11.0 Å². The maximum Gasteiger partial charge on any atom is 0.227 e. The zero-order valence-electron chi connectivity index (χ0n) is 11.5. The Morgan fingerprint density at radius 2 is 2.21 bits per heavy atom. The summed E-state index contributed by atoms with van der Waals surface area (Å²) in [6, 6.07) is 8.03. The second-order valence-electron chi connectivity index (χ2n) is 5.56. The average molecular weight is 325 g/mol. The van der Waals surface area contributed by atoms with Crippen molar-refractivity contribution in [3.8, 4) is 0 Å². The number of benzene rings is 1. The number of carbonyl (C=O) groups is 1. The first kappa shape index (κ1) is 14.5. The molecule has 3 nitrogen and oxygen atoms in total. The molecule has 1 aromatic rings. The van der Waals surface area contributed by atoms with Crippen molar-refractivity contribution in [2.45, 2.75) is 32.7 Å². The Bertz CT molecular complexity index is 455. The van der Waals surface area contributed by atoms with E-state index in [0.717, 1.165) is 36.0 Å². The van der Waals surface area contributed by atoms with Crippen LogP contribution in [-0.2, 0) is 4.79 Å². The number of halogens is 1. The molecule has 0 bridgehead atoms. The van der Waals surface area contributed by atoms with Gasteiger partial charge >= 0.3 is 0 Å². The molecule has 0 aliphatic carbocycles. The van der Waals surface area contributed by atoms with E-state index in [1.165, 1.54) is 0 Å². The van der Waals surface area contributed by atoms with Crippen LogP contribution in [0.4, 0.5) is 0 Å². The third-order valence-electron chi connectivity index (χ3n) is 3.86. The lowest BCUT2D eigenvalue weighted by Crippen LogP contribution is -2.49. The molecule has 0 spiro atoms. The lowest BCUT2D eigenvalue weighted by atomic mass is 9.81. The van der Waals surface area contributed by atoms with Crippen LogP contribution in [0, 0.1) is 5.41 Å². The predicted molar refractivity (Wildman–Crippen MR) is 80.9 cm³/mol. The van der Waals surface area contributed by atoms with E-state index in [4.69, 9.17) is 0 Å². The van der Waals surface area contributed by atoms with Crippen LogP contribution < -0.4 is 10.6 Å². The summed E-state index contributed by atoms with van der Waals surface area (Å²) in [6.07, 6.45) is 2.02. The Morgan fingerprint density at radius 1 is 1.47 bits per heavy atom. The third-order valence-corrected chi connectivity index (χ3v) is 4.59. The second-order valence-corrected chi connectivity index (χ2v) is 6.41. The maximum atomic E-state index is 12.4. The van der Waals surface area contributed by atoms with Gasteiger partial charge < -0.3 is 10.6 Å². The van der Waals surface area contributed by atoms with Gasteiger partial charge in [-0.2, -0.15) is 0 Å². The van der Waals surface area contributed by atoms with Gasteiger partial charge in [0.15, 0.2) is 0 Å². The molecular formula is C15H21BrN2O. The van der Waals surface area contributed by atoms with Gasteiger partial charge in [-0.15, -0.1) is 0 Å². The van der Waals surface area contributed by atoms with Gasteiger partial charge in [-0.05, 0) is 44.9 Å². The lowest BCUT2D eigenvalue weighted by molar-refractivity contribution is -0.131. The van der Waals surface area contributed by atoms with Crippen LogP contribution in [-0.4, -0.2) is 19.0 Å². The Kier molecular flexibility index (Phi) is 4.63. The summed E-state index contributed by atoms with van der Waals surface area (Å²) in [5.74, 6) is 0.142. The number of rotatable bonds is 3. The van der Waals surface area contributed by atoms with Crippen molar-refractivity contribution >= 4 is 21.8 Å². The first-order valence-electron chi connectivity index (χ1n) is 6.79. The first-order valence-corrected chi connectivity index (χ1v) is 7.58. The van der Waals surface area contributed by atoms with Gasteiger partial charge in [0.05, 0.1) is 11.5 Å². The molecule has 19 heavy (non-hydrogen) atoms. The molecule has 1 saturated heterocycles. The van der Waals surface area contributed by atoms with Crippen molar-refractivity contribution in [2.24, 2.45) is 5.41 Å². The average Bonchev–Trinajstić information content (AvgIpc) is 2.40. The normalized spacial score (nSPS) is 24.8. The van der Waals surface area contributed by atoms with E-state index >= 15 is 0 Å². The molecule has 2 atom stereocenters. The summed E-state index contributed by atoms with van der Waals surface area (Å²) in [7, 11) is 0. The summed E-state index contributed by atoms with van der Waals surface area (Å²) >= 11 is 3.53. The van der Waals surface area contributed by atoms with Crippen molar-refractivity contribution in [3.05, 3.63) is 34.3 Å². The summed E-state index contributed by atoms with van der Waals surface area (Å²) in [4.78, 5) is 12.4. The minimum absolute atomic E-state index is 0.0156. The van der Waals surface area contributed by atoms with Crippen molar-refractivity contribution in [1.29, 1.82) is 0 Å². The molecule has 0 saturated carbocycles. The zero-order chi connectivity index (χ0) is 13.9. The number of carbonyl (C=O) groups excluding carboxylic acids is 1. The van der Waals surface area contributed by atoms with Crippen LogP contribution >= 0.6 is 15.9 Å². The highest BCUT2D eigenvalue weighted by atomic mass is 79.9. The van der Waals surface area contributed by atoms with Crippen LogP contribution in [0.3, 0.4) is 0 Å². The molecule has 1 amide bonds. The van der Waals surface area contributed by atoms with Crippen LogP contribution in [0.15, 0.2) is 28.7 Å². The van der Waals surface area contributed by atoms with Gasteiger partial charge in [0.25, 0.3) is 0 Å². The van der Waals surface area contributed by atoms with E-state index in [2.05, 4.69) is 26.6 Å². The highest BCUT2D eigenvalue weighted by molar-refractivity contribution is 9.10. The molecule has 0 radical (unpaired) electrons. The fraction of sp³-hybridized carbons (Fsp3) is 0.533. The molecule has 104 valence electrons. The molecular weight excluding hydrogens is 304 g/mol. The Labute approximate surface area is 123 Å². The van der Waals surface area contributed by atoms with Crippen molar-refractivity contribution < 1.29 is 4.79 Å². The highest BCUT2D eigenvalue weighted by Crippen LogP contribution is 2.28. The van der Waals surface area contributed by atoms with E-state index in [9.17, 15) is 4.79 Å². The fourth-order valence-electron chi connectivity index (χ4n) is 2.52. The quantitative estimate of drug-likeness (QED) is 0.897. The molecule has 2 N–H and O–H groups in total. The Morgan fingerprint density at radius 3 is 2.84 bits per heavy atom. The molecule has 0 aromatic heterocycles. The predicted octanol–water partition coefficient (Wildman–Crippen LogP) is 3.02. The highest BCUT2D eigenvalue weighted by Gasteiger charge is 2.35. The van der Waals surface area contributed by atoms with Crippen LogP contribution in [0.5, 0.6) is 0 Å². The molecule has 1 aliphatic heterocycles. The molecule has 1 aromatic carbocycles. The number of nitrogens with one attached hydrogen (secondary N) is 2. The molecule has 1 heterocycles. The summed E-state index contributed by atoms with van der Waals surface area (Å²) in [5.41, 5.74) is 0.830. The van der Waals surface area contributed by atoms with E-state index in [-0.39, 0.29) is 17.4 Å². The van der Waals surface area contributed by atoms with Gasteiger partial charge in [0.1, 0.15) is 0 Å². The smallest absolute Gasteiger partial charge is 0.227 e. The van der Waals surface area contributed by atoms with E-state index < -0.39 is 0 Å². The number of hydrogen-bond donors (Lipinski definition) is 2. The molecule has 1 aliphatic rings. The number of piperidine rings is 1. The van der Waals surface area contributed by atoms with E-state index in [1.54, 1.807) is 0 Å². The summed E-state index contributed by atoms with van der Waals surface area (Å²) in [5, 5.41) is 6.45. The minimum Gasteiger partial charge on any atom is -0.349 e. The lowest BCUT2D eigenvalue weighted by Gasteiger charge is -2.34. The van der Waals surface area contributed by atoms with Gasteiger partial charge in [-0.1, -0.05) is 34.1 Å². The van der Waals surface area contributed by atoms with E-state index in [1.807, 2.05) is 38.1 Å². The Balaban J connectivity index is 2.04. The van der Waals surface area contributed by atoms with Crippen LogP contribution in [0.1, 0.15) is 38.3 Å². The topological polar surface area (TPSA) is 41.1 Å². The van der Waals surface area contributed by atoms with Crippen LogP contribution in [0.2, 0.25) is 0 Å². The Hall–Kier alpha value is -0.870. The largest absolute Gasteiger partial charge is 0.349 e. The first-order chi connectivity index (χ1) is 9.03. The third kappa shape index (κ3) is 3.37. The molecule has 4 heteroatoms. The van der Waals surface area contributed by atoms with Crippen LogP contribution in [0.25, 0.3) is 0 Å². The van der Waals surface area contributed by atoms with Crippen molar-refractivity contribution in [3.63, 3.8) is 0 Å². The van der Waals surface area contributed by atoms with Gasteiger partial charge in [0.2, 0.25) is 5.91 Å². The summed E-state index contributed by atoms with van der Waals surface area (Å²) < 4.78 is 1.04. The minimum atomic E-state index is -0.284. The van der Waals surface area contributed by atoms with Gasteiger partial charge in [-0.25, -0.2) is 0 Å². The van der Waals surface area contributed by atoms with Crippen molar-refractivity contribution in [2.75, 3.05) is 13.1 Å². The standard InChI is InChI=1S/C15H21BrN2O/c1-11(12-6-3-4-7-13(12)16)18-14(19)15(2)8-5-9-17-10-15/h3-4,6-7,11,17H,5,8-10H2,1-2H3,(H,18,19). The number of amides is 1. The molecule has 1 fully saturated rings. The van der Waals surface area contributed by atoms with Crippen molar-refractivity contribution in [1.82, 2.24) is 10.6 Å². The van der Waals surface area contributed by atoms with E-state index in [0.29, 0.717) is 0 Å². The number of hydrogen-bond acceptors (Lipinski definition) is 2.